The number of piperazine rings is 1. The average Bonchev–Trinajstić information content (AvgIpc) is 2.69. The second kappa shape index (κ2) is 8.13. The van der Waals surface area contributed by atoms with Crippen LogP contribution in [-0.2, 0) is 6.18 Å². The summed E-state index contributed by atoms with van der Waals surface area (Å²) in [4.78, 5) is 29.4. The summed E-state index contributed by atoms with van der Waals surface area (Å²) in [6.07, 6.45) is -4.97. The highest BCUT2D eigenvalue weighted by Gasteiger charge is 2.36. The second-order valence-electron chi connectivity index (χ2n) is 6.38. The fourth-order valence-corrected chi connectivity index (χ4v) is 2.92. The molecule has 12 heteroatoms. The second-order valence-corrected chi connectivity index (χ2v) is 6.38. The molecule has 1 aromatic heterocycles. The van der Waals surface area contributed by atoms with Crippen LogP contribution in [0.2, 0.25) is 0 Å². The van der Waals surface area contributed by atoms with Gasteiger partial charge < -0.3 is 25.0 Å². The van der Waals surface area contributed by atoms with Gasteiger partial charge in [0.15, 0.2) is 17.3 Å². The number of carbonyl (C=O) groups is 2. The Morgan fingerprint density at radius 2 is 1.67 bits per heavy atom. The molecule has 1 fully saturated rings. The van der Waals surface area contributed by atoms with Crippen molar-refractivity contribution in [3.63, 3.8) is 0 Å². The highest BCUT2D eigenvalue weighted by atomic mass is 19.4. The molecule has 160 valence electrons. The summed E-state index contributed by atoms with van der Waals surface area (Å²) in [6.45, 7) is 0.474. The molecule has 30 heavy (non-hydrogen) atoms. The molecule has 1 N–H and O–H groups in total. The summed E-state index contributed by atoms with van der Waals surface area (Å²) < 4.78 is 65.5. The predicted octanol–water partition coefficient (Wildman–Crippen LogP) is 2.10. The van der Waals surface area contributed by atoms with Crippen molar-refractivity contribution in [3.8, 4) is 0 Å². The molecular formula is C18H14F5N4O3-. The molecule has 2 aromatic rings. The van der Waals surface area contributed by atoms with E-state index in [0.717, 1.165) is 24.3 Å². The largest absolute Gasteiger partial charge is 0.545 e. The summed E-state index contributed by atoms with van der Waals surface area (Å²) in [5.41, 5.74) is -2.56. The number of alkyl halides is 3. The smallest absolute Gasteiger partial charge is 0.434 e. The minimum atomic E-state index is -4.97. The van der Waals surface area contributed by atoms with Crippen molar-refractivity contribution >= 4 is 23.5 Å². The average molecular weight is 429 g/mol. The Balaban J connectivity index is 1.67. The number of halogens is 5. The first-order valence-corrected chi connectivity index (χ1v) is 8.62. The van der Waals surface area contributed by atoms with Crippen LogP contribution < -0.4 is 15.3 Å². The number of pyridine rings is 1. The molecular weight excluding hydrogens is 415 g/mol. The standard InChI is InChI=1S/C18H15F5N4O3/c19-12-3-1-10(9-13(12)20)24-17(30)27-7-5-26(6-8-27)14-4-2-11(16(28)29)15(25-14)18(21,22)23/h1-4,9H,5-8H2,(H,24,30)(H,28,29)/p-1. The minimum absolute atomic E-state index is 0.0516. The van der Waals surface area contributed by atoms with Crippen molar-refractivity contribution in [2.75, 3.05) is 36.4 Å². The number of hydrogen-bond acceptors (Lipinski definition) is 5. The van der Waals surface area contributed by atoms with Gasteiger partial charge in [-0.3, -0.25) is 0 Å². The molecule has 0 bridgehead atoms. The molecule has 2 heterocycles. The number of aromatic carboxylic acids is 1. The van der Waals surface area contributed by atoms with Crippen molar-refractivity contribution in [1.82, 2.24) is 9.88 Å². The molecule has 0 spiro atoms. The topological polar surface area (TPSA) is 88.6 Å². The van der Waals surface area contributed by atoms with Crippen LogP contribution in [0, 0.1) is 11.6 Å². The van der Waals surface area contributed by atoms with Crippen LogP contribution >= 0.6 is 0 Å². The lowest BCUT2D eigenvalue weighted by Crippen LogP contribution is -2.50. The lowest BCUT2D eigenvalue weighted by molar-refractivity contribution is -0.255. The van der Waals surface area contributed by atoms with Crippen molar-refractivity contribution in [2.45, 2.75) is 6.18 Å². The van der Waals surface area contributed by atoms with Gasteiger partial charge in [-0.2, -0.15) is 13.2 Å². The molecule has 1 aliphatic rings. The van der Waals surface area contributed by atoms with E-state index in [-0.39, 0.29) is 37.7 Å². The highest BCUT2D eigenvalue weighted by molar-refractivity contribution is 5.89. The van der Waals surface area contributed by atoms with Gasteiger partial charge in [-0.1, -0.05) is 0 Å². The van der Waals surface area contributed by atoms with E-state index in [4.69, 9.17) is 0 Å². The zero-order valence-electron chi connectivity index (χ0n) is 15.2. The number of urea groups is 1. The Morgan fingerprint density at radius 1 is 1.00 bits per heavy atom. The zero-order valence-corrected chi connectivity index (χ0v) is 15.2. The molecule has 3 rings (SSSR count). The monoisotopic (exact) mass is 429 g/mol. The third-order valence-corrected chi connectivity index (χ3v) is 4.43. The number of aromatic nitrogens is 1. The Morgan fingerprint density at radius 3 is 2.23 bits per heavy atom. The van der Waals surface area contributed by atoms with E-state index in [1.807, 2.05) is 0 Å². The number of nitrogens with one attached hydrogen (secondary N) is 1. The quantitative estimate of drug-likeness (QED) is 0.755. The molecule has 1 aromatic carbocycles. The lowest BCUT2D eigenvalue weighted by atomic mass is 10.1. The summed E-state index contributed by atoms with van der Waals surface area (Å²) in [5.74, 6) is -4.26. The van der Waals surface area contributed by atoms with E-state index in [0.29, 0.717) is 0 Å². The van der Waals surface area contributed by atoms with Crippen molar-refractivity contribution < 1.29 is 36.6 Å². The van der Waals surface area contributed by atoms with E-state index in [9.17, 15) is 36.6 Å². The van der Waals surface area contributed by atoms with Gasteiger partial charge in [0.2, 0.25) is 0 Å². The van der Waals surface area contributed by atoms with Gasteiger partial charge in [0.25, 0.3) is 0 Å². The number of amides is 2. The maximum Gasteiger partial charge on any atom is 0.434 e. The molecule has 0 saturated carbocycles. The van der Waals surface area contributed by atoms with E-state index in [2.05, 4.69) is 10.3 Å². The van der Waals surface area contributed by atoms with Crippen molar-refractivity contribution in [1.29, 1.82) is 0 Å². The number of carboxylic acid groups (broad SMARTS) is 1. The number of hydrogen-bond donors (Lipinski definition) is 1. The molecule has 0 radical (unpaired) electrons. The molecule has 0 aliphatic carbocycles. The van der Waals surface area contributed by atoms with Crippen LogP contribution in [0.15, 0.2) is 30.3 Å². The Kier molecular flexibility index (Phi) is 5.76. The Hall–Kier alpha value is -3.44. The fourth-order valence-electron chi connectivity index (χ4n) is 2.92. The number of nitrogens with zero attached hydrogens (tertiary/aromatic N) is 3. The van der Waals surface area contributed by atoms with Gasteiger partial charge in [-0.05, 0) is 24.3 Å². The Labute approximate surface area is 166 Å². The fraction of sp³-hybridized carbons (Fsp3) is 0.278. The number of rotatable bonds is 3. The number of benzene rings is 1. The van der Waals surface area contributed by atoms with Gasteiger partial charge in [-0.25, -0.2) is 18.6 Å². The first-order chi connectivity index (χ1) is 14.1. The maximum atomic E-state index is 13.2. The molecule has 1 saturated heterocycles. The summed E-state index contributed by atoms with van der Waals surface area (Å²) in [6, 6.07) is 4.21. The lowest BCUT2D eigenvalue weighted by Gasteiger charge is -2.35. The minimum Gasteiger partial charge on any atom is -0.545 e. The van der Waals surface area contributed by atoms with Crippen LogP contribution in [0.5, 0.6) is 0 Å². The SMILES string of the molecule is O=C([O-])c1ccc(N2CCN(C(=O)Nc3ccc(F)c(F)c3)CC2)nc1C(F)(F)F. The van der Waals surface area contributed by atoms with Gasteiger partial charge in [0.05, 0.1) is 5.97 Å². The first kappa shape index (κ1) is 21.3. The van der Waals surface area contributed by atoms with Crippen molar-refractivity contribution in [3.05, 3.63) is 53.2 Å². The van der Waals surface area contributed by atoms with Crippen LogP contribution in [0.4, 0.5) is 38.3 Å². The molecule has 7 nitrogen and oxygen atoms in total. The number of anilines is 2. The highest BCUT2D eigenvalue weighted by Crippen LogP contribution is 2.32. The summed E-state index contributed by atoms with van der Waals surface area (Å²) in [5, 5.41) is 13.3. The maximum absolute atomic E-state index is 13.2. The van der Waals surface area contributed by atoms with Crippen LogP contribution in [-0.4, -0.2) is 48.1 Å². The number of carbonyl (C=O) groups excluding carboxylic acids is 2. The van der Waals surface area contributed by atoms with Crippen LogP contribution in [0.1, 0.15) is 16.1 Å². The summed E-state index contributed by atoms with van der Waals surface area (Å²) >= 11 is 0. The first-order valence-electron chi connectivity index (χ1n) is 8.62. The van der Waals surface area contributed by atoms with Crippen LogP contribution in [0.3, 0.4) is 0 Å². The van der Waals surface area contributed by atoms with Gasteiger partial charge in [-0.15, -0.1) is 0 Å². The molecule has 2 amide bonds. The van der Waals surface area contributed by atoms with E-state index < -0.39 is 41.1 Å². The third kappa shape index (κ3) is 4.58. The zero-order chi connectivity index (χ0) is 22.1. The number of carboxylic acids is 1. The van der Waals surface area contributed by atoms with Crippen LogP contribution in [0.25, 0.3) is 0 Å². The predicted molar refractivity (Wildman–Crippen MR) is 92.7 cm³/mol. The normalized spacial score (nSPS) is 14.6. The molecule has 0 atom stereocenters. The van der Waals surface area contributed by atoms with Gasteiger partial charge in [0.1, 0.15) is 5.82 Å². The molecule has 1 aliphatic heterocycles. The van der Waals surface area contributed by atoms with Gasteiger partial charge >= 0.3 is 12.2 Å². The van der Waals surface area contributed by atoms with Gasteiger partial charge in [0, 0.05) is 43.5 Å². The van der Waals surface area contributed by atoms with Crippen molar-refractivity contribution in [2.24, 2.45) is 0 Å². The van der Waals surface area contributed by atoms with E-state index >= 15 is 0 Å². The van der Waals surface area contributed by atoms with E-state index in [1.54, 1.807) is 0 Å². The third-order valence-electron chi connectivity index (χ3n) is 4.43. The molecule has 0 unspecified atom stereocenters. The van der Waals surface area contributed by atoms with E-state index in [1.165, 1.54) is 15.9 Å². The summed E-state index contributed by atoms with van der Waals surface area (Å²) in [7, 11) is 0. The Bertz CT molecular complexity index is 975.